The van der Waals surface area contributed by atoms with Crippen molar-refractivity contribution in [2.24, 2.45) is 0 Å². The smallest absolute Gasteiger partial charge is 0.319 e. The SMILES string of the molecule is CCN(C)C(=O)N1CCCSCC1. The van der Waals surface area contributed by atoms with Gasteiger partial charge >= 0.3 is 6.03 Å². The zero-order chi connectivity index (χ0) is 9.68. The first-order valence-corrected chi connectivity index (χ1v) is 5.99. The van der Waals surface area contributed by atoms with E-state index in [2.05, 4.69) is 0 Å². The van der Waals surface area contributed by atoms with Crippen LogP contribution in [0.5, 0.6) is 0 Å². The number of carbonyl (C=O) groups excluding carboxylic acids is 1. The predicted octanol–water partition coefficient (Wildman–Crippen LogP) is 1.50. The standard InChI is InChI=1S/C9H18N2OS/c1-3-10(2)9(12)11-5-4-7-13-8-6-11/h3-8H2,1-2H3. The van der Waals surface area contributed by atoms with Crippen LogP contribution in [0.4, 0.5) is 4.79 Å². The highest BCUT2D eigenvalue weighted by Gasteiger charge is 2.17. The van der Waals surface area contributed by atoms with Crippen LogP contribution < -0.4 is 0 Å². The molecule has 1 aliphatic heterocycles. The summed E-state index contributed by atoms with van der Waals surface area (Å²) in [5, 5.41) is 0. The highest BCUT2D eigenvalue weighted by Crippen LogP contribution is 2.11. The maximum atomic E-state index is 11.7. The molecule has 2 amide bonds. The number of hydrogen-bond donors (Lipinski definition) is 0. The van der Waals surface area contributed by atoms with E-state index in [0.717, 1.165) is 31.8 Å². The zero-order valence-electron chi connectivity index (χ0n) is 8.45. The van der Waals surface area contributed by atoms with Gasteiger partial charge in [-0.05, 0) is 19.1 Å². The summed E-state index contributed by atoms with van der Waals surface area (Å²) in [5.74, 6) is 2.28. The van der Waals surface area contributed by atoms with Crippen LogP contribution in [0.25, 0.3) is 0 Å². The van der Waals surface area contributed by atoms with E-state index in [0.29, 0.717) is 0 Å². The Morgan fingerprint density at radius 2 is 2.23 bits per heavy atom. The highest BCUT2D eigenvalue weighted by molar-refractivity contribution is 7.99. The van der Waals surface area contributed by atoms with E-state index >= 15 is 0 Å². The molecule has 0 saturated carbocycles. The first-order chi connectivity index (χ1) is 6.25. The van der Waals surface area contributed by atoms with Gasteiger partial charge in [0.05, 0.1) is 0 Å². The summed E-state index contributed by atoms with van der Waals surface area (Å²) in [6.07, 6.45) is 1.13. The van der Waals surface area contributed by atoms with Gasteiger partial charge in [-0.2, -0.15) is 11.8 Å². The molecular weight excluding hydrogens is 184 g/mol. The summed E-state index contributed by atoms with van der Waals surface area (Å²) in [6.45, 7) is 4.64. The maximum absolute atomic E-state index is 11.7. The van der Waals surface area contributed by atoms with Crippen LogP contribution in [0.15, 0.2) is 0 Å². The van der Waals surface area contributed by atoms with Crippen LogP contribution in [0.3, 0.4) is 0 Å². The van der Waals surface area contributed by atoms with Gasteiger partial charge in [0.25, 0.3) is 0 Å². The minimum atomic E-state index is 0.185. The lowest BCUT2D eigenvalue weighted by Gasteiger charge is -2.25. The number of carbonyl (C=O) groups is 1. The number of hydrogen-bond acceptors (Lipinski definition) is 2. The van der Waals surface area contributed by atoms with Crippen molar-refractivity contribution in [1.82, 2.24) is 9.80 Å². The lowest BCUT2D eigenvalue weighted by molar-refractivity contribution is 0.168. The summed E-state index contributed by atoms with van der Waals surface area (Å²) in [7, 11) is 1.86. The second kappa shape index (κ2) is 5.37. The summed E-state index contributed by atoms with van der Waals surface area (Å²) in [4.78, 5) is 15.5. The summed E-state index contributed by atoms with van der Waals surface area (Å²) >= 11 is 1.94. The monoisotopic (exact) mass is 202 g/mol. The second-order valence-electron chi connectivity index (χ2n) is 3.25. The lowest BCUT2D eigenvalue weighted by Crippen LogP contribution is -2.42. The predicted molar refractivity (Wildman–Crippen MR) is 57.2 cm³/mol. The van der Waals surface area contributed by atoms with Crippen molar-refractivity contribution in [3.8, 4) is 0 Å². The molecular formula is C9H18N2OS. The number of urea groups is 1. The minimum absolute atomic E-state index is 0.185. The van der Waals surface area contributed by atoms with Gasteiger partial charge in [0.2, 0.25) is 0 Å². The number of rotatable bonds is 1. The van der Waals surface area contributed by atoms with Crippen LogP contribution in [-0.4, -0.2) is 54.0 Å². The Bertz CT molecular complexity index is 167. The van der Waals surface area contributed by atoms with Gasteiger partial charge in [-0.25, -0.2) is 4.79 Å². The molecule has 3 nitrogen and oxygen atoms in total. The van der Waals surface area contributed by atoms with E-state index < -0.39 is 0 Å². The van der Waals surface area contributed by atoms with E-state index in [9.17, 15) is 4.79 Å². The Morgan fingerprint density at radius 1 is 1.46 bits per heavy atom. The zero-order valence-corrected chi connectivity index (χ0v) is 9.27. The molecule has 1 fully saturated rings. The van der Waals surface area contributed by atoms with Gasteiger partial charge in [-0.1, -0.05) is 0 Å². The van der Waals surface area contributed by atoms with Gasteiger partial charge in [0.15, 0.2) is 0 Å². The van der Waals surface area contributed by atoms with E-state index in [4.69, 9.17) is 0 Å². The highest BCUT2D eigenvalue weighted by atomic mass is 32.2. The molecule has 1 rings (SSSR count). The van der Waals surface area contributed by atoms with Crippen molar-refractivity contribution in [3.05, 3.63) is 0 Å². The third-order valence-electron chi connectivity index (χ3n) is 2.29. The normalized spacial score (nSPS) is 18.2. The van der Waals surface area contributed by atoms with Crippen LogP contribution >= 0.6 is 11.8 Å². The number of thioether (sulfide) groups is 1. The van der Waals surface area contributed by atoms with Gasteiger partial charge in [-0.15, -0.1) is 0 Å². The molecule has 0 unspecified atom stereocenters. The lowest BCUT2D eigenvalue weighted by atomic mass is 10.4. The van der Waals surface area contributed by atoms with Crippen molar-refractivity contribution in [2.75, 3.05) is 38.2 Å². The fourth-order valence-electron chi connectivity index (χ4n) is 1.31. The molecule has 0 aromatic carbocycles. The van der Waals surface area contributed by atoms with Crippen LogP contribution in [0, 0.1) is 0 Å². The Hall–Kier alpha value is -0.380. The molecule has 0 N–H and O–H groups in total. The van der Waals surface area contributed by atoms with Crippen molar-refractivity contribution in [2.45, 2.75) is 13.3 Å². The molecule has 0 atom stereocenters. The number of nitrogens with zero attached hydrogens (tertiary/aromatic N) is 2. The summed E-state index contributed by atoms with van der Waals surface area (Å²) in [5.41, 5.74) is 0. The Kier molecular flexibility index (Phi) is 4.42. The fraction of sp³-hybridized carbons (Fsp3) is 0.889. The first-order valence-electron chi connectivity index (χ1n) is 4.83. The molecule has 0 aromatic rings. The van der Waals surface area contributed by atoms with E-state index in [1.165, 1.54) is 5.75 Å². The average Bonchev–Trinajstić information content (AvgIpc) is 2.43. The van der Waals surface area contributed by atoms with Crippen molar-refractivity contribution < 1.29 is 4.79 Å². The van der Waals surface area contributed by atoms with E-state index in [-0.39, 0.29) is 6.03 Å². The van der Waals surface area contributed by atoms with E-state index in [1.54, 1.807) is 4.90 Å². The van der Waals surface area contributed by atoms with Crippen molar-refractivity contribution >= 4 is 17.8 Å². The molecule has 13 heavy (non-hydrogen) atoms. The minimum Gasteiger partial charge on any atom is -0.328 e. The Morgan fingerprint density at radius 3 is 2.92 bits per heavy atom. The molecule has 1 saturated heterocycles. The Balaban J connectivity index is 2.43. The first kappa shape index (κ1) is 10.7. The third kappa shape index (κ3) is 3.10. The quantitative estimate of drug-likeness (QED) is 0.643. The second-order valence-corrected chi connectivity index (χ2v) is 4.47. The summed E-state index contributed by atoms with van der Waals surface area (Å²) < 4.78 is 0. The molecule has 0 bridgehead atoms. The Labute approximate surface area is 84.5 Å². The maximum Gasteiger partial charge on any atom is 0.319 e. The molecule has 0 aromatic heterocycles. The third-order valence-corrected chi connectivity index (χ3v) is 3.34. The molecule has 1 aliphatic rings. The van der Waals surface area contributed by atoms with Gasteiger partial charge in [0, 0.05) is 32.4 Å². The largest absolute Gasteiger partial charge is 0.328 e. The topological polar surface area (TPSA) is 23.6 Å². The molecule has 0 spiro atoms. The molecule has 76 valence electrons. The number of amides is 2. The molecule has 1 heterocycles. The average molecular weight is 202 g/mol. The van der Waals surface area contributed by atoms with Crippen molar-refractivity contribution in [1.29, 1.82) is 0 Å². The summed E-state index contributed by atoms with van der Waals surface area (Å²) in [6, 6.07) is 0.185. The molecule has 0 radical (unpaired) electrons. The fourth-order valence-corrected chi connectivity index (χ4v) is 2.20. The van der Waals surface area contributed by atoms with Gasteiger partial charge in [0.1, 0.15) is 0 Å². The van der Waals surface area contributed by atoms with E-state index in [1.807, 2.05) is 30.6 Å². The van der Waals surface area contributed by atoms with Crippen LogP contribution in [0.2, 0.25) is 0 Å². The molecule has 4 heteroatoms. The van der Waals surface area contributed by atoms with Crippen LogP contribution in [0.1, 0.15) is 13.3 Å². The van der Waals surface area contributed by atoms with Gasteiger partial charge < -0.3 is 9.80 Å². The van der Waals surface area contributed by atoms with Crippen LogP contribution in [-0.2, 0) is 0 Å². The molecule has 0 aliphatic carbocycles. The van der Waals surface area contributed by atoms with Crippen molar-refractivity contribution in [3.63, 3.8) is 0 Å². The van der Waals surface area contributed by atoms with Gasteiger partial charge in [-0.3, -0.25) is 0 Å².